The SMILES string of the molecule is CCCC(COCC(CCC)C(C)(O)c1cc(OC)cc(OC)c1)C(C)(O)c1cc(OC)cc(OC)c1. The standard InChI is InChI=1S/C30H46O7/c1-9-11-21(29(3,31)23-13-25(33-5)17-26(14-23)34-6)19-37-20-22(12-10-2)30(4,32)24-15-27(35-7)18-28(16-24)36-8/h13-18,21-22,31-32H,9-12,19-20H2,1-8H3. The van der Waals surface area contributed by atoms with Crippen LogP contribution in [0.25, 0.3) is 0 Å². The zero-order valence-electron chi connectivity index (χ0n) is 23.8. The van der Waals surface area contributed by atoms with Gasteiger partial charge in [0.1, 0.15) is 23.0 Å². The zero-order valence-corrected chi connectivity index (χ0v) is 23.8. The van der Waals surface area contributed by atoms with Crippen LogP contribution in [0.3, 0.4) is 0 Å². The fraction of sp³-hybridized carbons (Fsp3) is 0.600. The normalized spacial score (nSPS) is 16.3. The Kier molecular flexibility index (Phi) is 11.5. The van der Waals surface area contributed by atoms with E-state index in [0.29, 0.717) is 47.3 Å². The van der Waals surface area contributed by atoms with E-state index in [1.165, 1.54) is 0 Å². The highest BCUT2D eigenvalue weighted by Crippen LogP contribution is 2.39. The van der Waals surface area contributed by atoms with E-state index in [4.69, 9.17) is 23.7 Å². The molecule has 0 fully saturated rings. The van der Waals surface area contributed by atoms with Crippen LogP contribution in [-0.4, -0.2) is 51.9 Å². The third kappa shape index (κ3) is 7.76. The Hall–Kier alpha value is -2.48. The minimum absolute atomic E-state index is 0.168. The summed E-state index contributed by atoms with van der Waals surface area (Å²) in [7, 11) is 6.38. The summed E-state index contributed by atoms with van der Waals surface area (Å²) in [6.45, 7) is 8.50. The number of methoxy groups -OCH3 is 4. The second-order valence-electron chi connectivity index (χ2n) is 10.0. The molecule has 0 heterocycles. The lowest BCUT2D eigenvalue weighted by Gasteiger charge is -2.36. The molecule has 0 aromatic heterocycles. The summed E-state index contributed by atoms with van der Waals surface area (Å²) in [6.07, 6.45) is 3.33. The molecule has 4 unspecified atom stereocenters. The molecular formula is C30H46O7. The molecule has 2 aromatic carbocycles. The van der Waals surface area contributed by atoms with E-state index in [2.05, 4.69) is 13.8 Å². The Bertz CT molecular complexity index is 848. The Labute approximate surface area is 222 Å². The van der Waals surface area contributed by atoms with Crippen LogP contribution in [0, 0.1) is 11.8 Å². The van der Waals surface area contributed by atoms with Gasteiger partial charge in [-0.3, -0.25) is 0 Å². The van der Waals surface area contributed by atoms with Crippen molar-refractivity contribution in [3.05, 3.63) is 47.5 Å². The number of benzene rings is 2. The first kappa shape index (κ1) is 30.7. The molecule has 0 aliphatic rings. The Morgan fingerprint density at radius 2 is 0.892 bits per heavy atom. The van der Waals surface area contributed by atoms with Crippen molar-refractivity contribution in [3.8, 4) is 23.0 Å². The summed E-state index contributed by atoms with van der Waals surface area (Å²) in [4.78, 5) is 0. The van der Waals surface area contributed by atoms with Gasteiger partial charge in [0, 0.05) is 24.0 Å². The van der Waals surface area contributed by atoms with Crippen LogP contribution in [0.5, 0.6) is 23.0 Å². The maximum absolute atomic E-state index is 11.7. The first-order valence-electron chi connectivity index (χ1n) is 13.1. The third-order valence-electron chi connectivity index (χ3n) is 7.37. The first-order valence-corrected chi connectivity index (χ1v) is 13.1. The number of ether oxygens (including phenoxy) is 5. The maximum Gasteiger partial charge on any atom is 0.122 e. The molecule has 0 bridgehead atoms. The van der Waals surface area contributed by atoms with Crippen LogP contribution in [0.15, 0.2) is 36.4 Å². The molecule has 0 amide bonds. The predicted molar refractivity (Wildman–Crippen MR) is 146 cm³/mol. The zero-order chi connectivity index (χ0) is 27.6. The van der Waals surface area contributed by atoms with Gasteiger partial charge < -0.3 is 33.9 Å². The van der Waals surface area contributed by atoms with E-state index in [1.54, 1.807) is 40.6 Å². The van der Waals surface area contributed by atoms with E-state index in [0.717, 1.165) is 25.7 Å². The van der Waals surface area contributed by atoms with Gasteiger partial charge in [0.25, 0.3) is 0 Å². The molecule has 2 rings (SSSR count). The van der Waals surface area contributed by atoms with Gasteiger partial charge in [-0.1, -0.05) is 26.7 Å². The second kappa shape index (κ2) is 13.9. The van der Waals surface area contributed by atoms with Gasteiger partial charge >= 0.3 is 0 Å². The summed E-state index contributed by atoms with van der Waals surface area (Å²) in [5.74, 6) is 2.16. The molecule has 7 heteroatoms. The number of rotatable bonds is 16. The molecule has 7 nitrogen and oxygen atoms in total. The second-order valence-corrected chi connectivity index (χ2v) is 10.0. The van der Waals surface area contributed by atoms with Crippen LogP contribution < -0.4 is 18.9 Å². The molecule has 37 heavy (non-hydrogen) atoms. The van der Waals surface area contributed by atoms with Crippen LogP contribution in [0.2, 0.25) is 0 Å². The summed E-state index contributed by atoms with van der Waals surface area (Å²) in [5.41, 5.74) is -0.903. The van der Waals surface area contributed by atoms with E-state index in [-0.39, 0.29) is 11.8 Å². The van der Waals surface area contributed by atoms with Crippen LogP contribution in [0.1, 0.15) is 64.5 Å². The first-order chi connectivity index (χ1) is 17.6. The number of hydrogen-bond donors (Lipinski definition) is 2. The van der Waals surface area contributed by atoms with Crippen LogP contribution in [-0.2, 0) is 15.9 Å². The van der Waals surface area contributed by atoms with E-state index in [9.17, 15) is 10.2 Å². The van der Waals surface area contributed by atoms with Gasteiger partial charge in [-0.25, -0.2) is 0 Å². The quantitative estimate of drug-likeness (QED) is 0.295. The van der Waals surface area contributed by atoms with Gasteiger partial charge in [0.05, 0.1) is 52.9 Å². The fourth-order valence-electron chi connectivity index (χ4n) is 4.77. The minimum Gasteiger partial charge on any atom is -0.497 e. The molecule has 0 aliphatic heterocycles. The summed E-state index contributed by atoms with van der Waals surface area (Å²) in [5, 5.41) is 23.3. The van der Waals surface area contributed by atoms with E-state index >= 15 is 0 Å². The molecule has 0 radical (unpaired) electrons. The molecule has 208 valence electrons. The monoisotopic (exact) mass is 518 g/mol. The van der Waals surface area contributed by atoms with Crippen molar-refractivity contribution in [3.63, 3.8) is 0 Å². The molecule has 2 N–H and O–H groups in total. The highest BCUT2D eigenvalue weighted by Gasteiger charge is 2.37. The summed E-state index contributed by atoms with van der Waals surface area (Å²) in [6, 6.07) is 10.9. The summed E-state index contributed by atoms with van der Waals surface area (Å²) < 4.78 is 27.9. The van der Waals surface area contributed by atoms with Gasteiger partial charge in [-0.15, -0.1) is 0 Å². The Balaban J connectivity index is 2.25. The van der Waals surface area contributed by atoms with Crippen molar-refractivity contribution in [2.75, 3.05) is 41.7 Å². The Morgan fingerprint density at radius 3 is 1.14 bits per heavy atom. The Morgan fingerprint density at radius 1 is 0.595 bits per heavy atom. The predicted octanol–water partition coefficient (Wildman–Crippen LogP) is 5.69. The summed E-state index contributed by atoms with van der Waals surface area (Å²) >= 11 is 0. The van der Waals surface area contributed by atoms with Crippen LogP contribution >= 0.6 is 0 Å². The van der Waals surface area contributed by atoms with Gasteiger partial charge in [0.2, 0.25) is 0 Å². The van der Waals surface area contributed by atoms with Crippen LogP contribution in [0.4, 0.5) is 0 Å². The van der Waals surface area contributed by atoms with Crippen molar-refractivity contribution in [1.82, 2.24) is 0 Å². The molecule has 4 atom stereocenters. The van der Waals surface area contributed by atoms with Crippen molar-refractivity contribution in [1.29, 1.82) is 0 Å². The molecule has 2 aromatic rings. The number of aliphatic hydroxyl groups is 2. The maximum atomic E-state index is 11.7. The van der Waals surface area contributed by atoms with Gasteiger partial charge in [-0.05, 0) is 62.1 Å². The lowest BCUT2D eigenvalue weighted by molar-refractivity contribution is -0.0836. The minimum atomic E-state index is -1.17. The van der Waals surface area contributed by atoms with Gasteiger partial charge in [-0.2, -0.15) is 0 Å². The lowest BCUT2D eigenvalue weighted by atomic mass is 9.79. The van der Waals surface area contributed by atoms with Crippen molar-refractivity contribution in [2.24, 2.45) is 11.8 Å². The fourth-order valence-corrected chi connectivity index (χ4v) is 4.77. The van der Waals surface area contributed by atoms with Crippen molar-refractivity contribution < 1.29 is 33.9 Å². The highest BCUT2D eigenvalue weighted by molar-refractivity contribution is 5.42. The molecule has 0 spiro atoms. The van der Waals surface area contributed by atoms with Gasteiger partial charge in [0.15, 0.2) is 0 Å². The van der Waals surface area contributed by atoms with E-state index in [1.807, 2.05) is 38.1 Å². The number of hydrogen-bond acceptors (Lipinski definition) is 7. The lowest BCUT2D eigenvalue weighted by Crippen LogP contribution is -2.38. The van der Waals surface area contributed by atoms with Crippen molar-refractivity contribution >= 4 is 0 Å². The third-order valence-corrected chi connectivity index (χ3v) is 7.37. The molecular weight excluding hydrogens is 472 g/mol. The average Bonchev–Trinajstić information content (AvgIpc) is 2.90. The molecule has 0 aliphatic carbocycles. The topological polar surface area (TPSA) is 86.6 Å². The smallest absolute Gasteiger partial charge is 0.122 e. The van der Waals surface area contributed by atoms with Crippen molar-refractivity contribution in [2.45, 2.75) is 64.6 Å². The molecule has 0 saturated heterocycles. The molecule has 0 saturated carbocycles. The largest absolute Gasteiger partial charge is 0.497 e. The highest BCUT2D eigenvalue weighted by atomic mass is 16.5. The average molecular weight is 519 g/mol. The van der Waals surface area contributed by atoms with E-state index < -0.39 is 11.2 Å².